The Morgan fingerprint density at radius 2 is 2.08 bits per heavy atom. The summed E-state index contributed by atoms with van der Waals surface area (Å²) < 4.78 is 1.91. The molecule has 1 N–H and O–H groups in total. The van der Waals surface area contributed by atoms with Crippen LogP contribution in [0.5, 0.6) is 0 Å². The Hall–Kier alpha value is -2.02. The average molecular weight is 370 g/mol. The van der Waals surface area contributed by atoms with Crippen molar-refractivity contribution in [1.29, 1.82) is 0 Å². The molecule has 2 heterocycles. The number of nitrogens with one attached hydrogen (secondary N) is 1. The summed E-state index contributed by atoms with van der Waals surface area (Å²) in [7, 11) is 0. The second-order valence-electron chi connectivity index (χ2n) is 7.81. The Morgan fingerprint density at radius 1 is 1.27 bits per heavy atom. The summed E-state index contributed by atoms with van der Waals surface area (Å²) in [5.74, 6) is 1.53. The monoisotopic (exact) mass is 370 g/mol. The zero-order valence-electron chi connectivity index (χ0n) is 14.6. The van der Waals surface area contributed by atoms with E-state index in [2.05, 4.69) is 15.5 Å². The third-order valence-corrected chi connectivity index (χ3v) is 7.15. The molecule has 26 heavy (non-hydrogen) atoms. The maximum Gasteiger partial charge on any atom is 0.246 e. The van der Waals surface area contributed by atoms with Crippen LogP contribution in [0.1, 0.15) is 44.2 Å². The highest BCUT2D eigenvalue weighted by Gasteiger charge is 2.53. The predicted molar refractivity (Wildman–Crippen MR) is 99.0 cm³/mol. The smallest absolute Gasteiger partial charge is 0.246 e. The fourth-order valence-electron chi connectivity index (χ4n) is 5.37. The lowest BCUT2D eigenvalue weighted by Gasteiger charge is -2.39. The van der Waals surface area contributed by atoms with Crippen LogP contribution in [0.3, 0.4) is 0 Å². The Kier molecular flexibility index (Phi) is 3.92. The van der Waals surface area contributed by atoms with Crippen LogP contribution >= 0.6 is 11.3 Å². The predicted octanol–water partition coefficient (Wildman–Crippen LogP) is 2.83. The van der Waals surface area contributed by atoms with Gasteiger partial charge in [0.25, 0.3) is 0 Å². The molecule has 6 nitrogen and oxygen atoms in total. The summed E-state index contributed by atoms with van der Waals surface area (Å²) in [6, 6.07) is 0. The quantitative estimate of drug-likeness (QED) is 0.844. The third kappa shape index (κ3) is 2.60. The lowest BCUT2D eigenvalue weighted by Crippen LogP contribution is -2.33. The molecule has 5 rings (SSSR count). The second-order valence-corrected chi connectivity index (χ2v) is 8.68. The Balaban J connectivity index is 1.31. The first kappa shape index (κ1) is 16.2. The number of fused-ring (bicyclic) bond motifs is 1. The van der Waals surface area contributed by atoms with Crippen LogP contribution in [0, 0.1) is 23.7 Å². The molecule has 2 aromatic heterocycles. The summed E-state index contributed by atoms with van der Waals surface area (Å²) >= 11 is 1.54. The Morgan fingerprint density at radius 3 is 2.88 bits per heavy atom. The van der Waals surface area contributed by atoms with Crippen molar-refractivity contribution < 1.29 is 9.59 Å². The molecular weight excluding hydrogens is 348 g/mol. The summed E-state index contributed by atoms with van der Waals surface area (Å²) in [5.41, 5.74) is 3.99. The lowest BCUT2D eigenvalue weighted by molar-refractivity contribution is -0.120. The highest BCUT2D eigenvalue weighted by atomic mass is 32.1. The van der Waals surface area contributed by atoms with Gasteiger partial charge in [-0.2, -0.15) is 5.10 Å². The summed E-state index contributed by atoms with van der Waals surface area (Å²) in [6.45, 7) is 0. The van der Waals surface area contributed by atoms with E-state index in [4.69, 9.17) is 0 Å². The van der Waals surface area contributed by atoms with Gasteiger partial charge in [-0.3, -0.25) is 14.0 Å². The van der Waals surface area contributed by atoms with E-state index in [9.17, 15) is 9.59 Å². The van der Waals surface area contributed by atoms with E-state index in [1.807, 2.05) is 22.2 Å². The number of amides is 1. The number of hydrogen-bond donors (Lipinski definition) is 1. The van der Waals surface area contributed by atoms with Crippen molar-refractivity contribution in [3.63, 3.8) is 0 Å². The van der Waals surface area contributed by atoms with Crippen molar-refractivity contribution in [2.75, 3.05) is 0 Å². The highest BCUT2D eigenvalue weighted by Crippen LogP contribution is 2.51. The van der Waals surface area contributed by atoms with Gasteiger partial charge >= 0.3 is 0 Å². The van der Waals surface area contributed by atoms with E-state index >= 15 is 0 Å². The zero-order chi connectivity index (χ0) is 17.7. The summed E-state index contributed by atoms with van der Waals surface area (Å²) in [6.07, 6.45) is 10.8. The van der Waals surface area contributed by atoms with Gasteiger partial charge in [-0.05, 0) is 24.7 Å². The SMILES string of the molecule is O=C(Cc1cn2ccsc2n1)N/N=C1/C(=O)C2CCCC3CCCC1C32. The minimum atomic E-state index is -0.210. The van der Waals surface area contributed by atoms with Gasteiger partial charge in [-0.1, -0.05) is 25.7 Å². The fraction of sp³-hybridized carbons (Fsp3) is 0.579. The van der Waals surface area contributed by atoms with Crippen molar-refractivity contribution in [3.05, 3.63) is 23.5 Å². The van der Waals surface area contributed by atoms with E-state index in [0.29, 0.717) is 17.5 Å². The largest absolute Gasteiger partial charge is 0.297 e. The lowest BCUT2D eigenvalue weighted by atomic mass is 9.65. The number of hydrazone groups is 1. The van der Waals surface area contributed by atoms with E-state index in [1.165, 1.54) is 30.6 Å². The number of nitrogens with zero attached hydrogens (tertiary/aromatic N) is 3. The van der Waals surface area contributed by atoms with Crippen molar-refractivity contribution in [2.24, 2.45) is 28.8 Å². The first-order valence-corrected chi connectivity index (χ1v) is 10.4. The molecule has 136 valence electrons. The van der Waals surface area contributed by atoms with Gasteiger partial charge in [0.1, 0.15) is 5.71 Å². The Bertz CT molecular complexity index is 868. The van der Waals surface area contributed by atoms with Gasteiger partial charge in [0.2, 0.25) is 5.91 Å². The first-order chi connectivity index (χ1) is 12.7. The molecule has 4 atom stereocenters. The molecule has 3 saturated carbocycles. The molecule has 3 fully saturated rings. The molecule has 2 aromatic rings. The van der Waals surface area contributed by atoms with Gasteiger partial charge in [-0.25, -0.2) is 10.4 Å². The Labute approximate surface area is 155 Å². The van der Waals surface area contributed by atoms with Crippen LogP contribution in [0.25, 0.3) is 4.96 Å². The number of ketones is 1. The molecule has 3 aliphatic carbocycles. The van der Waals surface area contributed by atoms with E-state index < -0.39 is 0 Å². The fourth-order valence-corrected chi connectivity index (χ4v) is 6.09. The molecule has 0 bridgehead atoms. The van der Waals surface area contributed by atoms with Gasteiger partial charge in [0, 0.05) is 29.6 Å². The molecule has 0 spiro atoms. The number of carbonyl (C=O) groups is 2. The minimum Gasteiger partial charge on any atom is -0.297 e. The van der Waals surface area contributed by atoms with Crippen LogP contribution in [0.4, 0.5) is 0 Å². The van der Waals surface area contributed by atoms with E-state index in [1.54, 1.807) is 0 Å². The van der Waals surface area contributed by atoms with Crippen LogP contribution < -0.4 is 5.43 Å². The van der Waals surface area contributed by atoms with Crippen LogP contribution in [-0.4, -0.2) is 26.8 Å². The van der Waals surface area contributed by atoms with Gasteiger partial charge < -0.3 is 0 Å². The summed E-state index contributed by atoms with van der Waals surface area (Å²) in [4.78, 5) is 30.4. The highest BCUT2D eigenvalue weighted by molar-refractivity contribution is 7.15. The molecule has 0 saturated heterocycles. The topological polar surface area (TPSA) is 75.8 Å². The number of rotatable bonds is 3. The summed E-state index contributed by atoms with van der Waals surface area (Å²) in [5, 5.41) is 6.28. The van der Waals surface area contributed by atoms with Crippen LogP contribution in [-0.2, 0) is 16.0 Å². The minimum absolute atomic E-state index is 0.148. The molecule has 1 amide bonds. The number of hydrogen-bond acceptors (Lipinski definition) is 5. The standard InChI is InChI=1S/C19H22N4O2S/c24-15(9-12-10-23-7-8-26-19(23)20-12)21-22-17-13-5-1-3-11-4-2-6-14(16(11)13)18(17)25/h7-8,10-11,13-14,16H,1-6,9H2,(H,21,24)/b22-17+. The maximum absolute atomic E-state index is 12.8. The van der Waals surface area contributed by atoms with Gasteiger partial charge in [-0.15, -0.1) is 11.3 Å². The number of imidazole rings is 1. The molecule has 3 aliphatic rings. The second kappa shape index (κ2) is 6.30. The van der Waals surface area contributed by atoms with Crippen molar-refractivity contribution in [3.8, 4) is 0 Å². The molecule has 0 aliphatic heterocycles. The van der Waals surface area contributed by atoms with Crippen LogP contribution in [0.15, 0.2) is 22.9 Å². The zero-order valence-corrected chi connectivity index (χ0v) is 15.4. The number of thiazole rings is 1. The van der Waals surface area contributed by atoms with Gasteiger partial charge in [0.15, 0.2) is 10.7 Å². The number of aromatic nitrogens is 2. The average Bonchev–Trinajstić information content (AvgIpc) is 3.29. The third-order valence-electron chi connectivity index (χ3n) is 6.38. The van der Waals surface area contributed by atoms with Crippen molar-refractivity contribution >= 4 is 33.7 Å². The molecule has 0 radical (unpaired) electrons. The van der Waals surface area contributed by atoms with Crippen molar-refractivity contribution in [2.45, 2.75) is 44.9 Å². The maximum atomic E-state index is 12.8. The number of Topliss-reactive ketones (excluding diaryl/α,β-unsaturated/α-hetero) is 1. The van der Waals surface area contributed by atoms with Crippen LogP contribution in [0.2, 0.25) is 0 Å². The molecule has 4 unspecified atom stereocenters. The molecular formula is C19H22N4O2S. The van der Waals surface area contributed by atoms with Crippen molar-refractivity contribution in [1.82, 2.24) is 14.8 Å². The normalized spacial score (nSPS) is 32.2. The van der Waals surface area contributed by atoms with E-state index in [0.717, 1.165) is 29.9 Å². The number of carbonyl (C=O) groups excluding carboxylic acids is 2. The molecule has 7 heteroatoms. The van der Waals surface area contributed by atoms with Gasteiger partial charge in [0.05, 0.1) is 12.1 Å². The first-order valence-electron chi connectivity index (χ1n) is 9.52. The van der Waals surface area contributed by atoms with E-state index in [-0.39, 0.29) is 29.9 Å². The molecule has 0 aromatic carbocycles.